The van der Waals surface area contributed by atoms with Gasteiger partial charge in [-0.25, -0.2) is 0 Å². The van der Waals surface area contributed by atoms with Gasteiger partial charge in [-0.15, -0.1) is 0 Å². The van der Waals surface area contributed by atoms with Crippen molar-refractivity contribution in [3.8, 4) is 39.1 Å². The van der Waals surface area contributed by atoms with Gasteiger partial charge in [0.25, 0.3) is 0 Å². The molecule has 0 aliphatic rings. The van der Waals surface area contributed by atoms with Crippen molar-refractivity contribution in [3.05, 3.63) is 218 Å². The Morgan fingerprint density at radius 3 is 1.56 bits per heavy atom. The van der Waals surface area contributed by atoms with Gasteiger partial charge >= 0.3 is 0 Å². The Bertz CT molecular complexity index is 3280. The van der Waals surface area contributed by atoms with Crippen LogP contribution in [0, 0.1) is 0 Å². The second-order valence-corrected chi connectivity index (χ2v) is 13.1. The largest absolute Gasteiger partial charge is 0.311 e. The maximum atomic E-state index is 9.52. The Kier molecular flexibility index (Phi) is 6.01. The van der Waals surface area contributed by atoms with Gasteiger partial charge in [0.2, 0.25) is 0 Å². The van der Waals surface area contributed by atoms with Gasteiger partial charge in [-0.3, -0.25) is 0 Å². The molecule has 9 aromatic carbocycles. The highest BCUT2D eigenvalue weighted by Crippen LogP contribution is 2.39. The SMILES string of the molecule is [2H]c1c([2H])c(N(c2ccc(-c3cccc(-n4c5ccccc5c5ccccc54)c3)cc2)c2c([2H])c([2H])c(-c3cccc4ccccc34)c([2H])c2[2H])c([2H])c([2H])c1-c1ccccc1. The molecule has 10 rings (SSSR count). The summed E-state index contributed by atoms with van der Waals surface area (Å²) in [5, 5.41) is 3.97. The molecule has 0 amide bonds. The van der Waals surface area contributed by atoms with Crippen molar-refractivity contribution in [2.24, 2.45) is 0 Å². The fraction of sp³-hybridized carbons (Fsp3) is 0. The Labute approximate surface area is 326 Å². The summed E-state index contributed by atoms with van der Waals surface area (Å²) in [5.74, 6) is 0. The number of aromatic nitrogens is 1. The van der Waals surface area contributed by atoms with Crippen LogP contribution in [0.25, 0.3) is 71.6 Å². The molecule has 0 atom stereocenters. The van der Waals surface area contributed by atoms with Gasteiger partial charge in [0, 0.05) is 33.5 Å². The summed E-state index contributed by atoms with van der Waals surface area (Å²) >= 11 is 0. The third-order valence-corrected chi connectivity index (χ3v) is 9.94. The highest BCUT2D eigenvalue weighted by molar-refractivity contribution is 6.09. The molecule has 2 nitrogen and oxygen atoms in total. The lowest BCUT2D eigenvalue weighted by Crippen LogP contribution is -2.09. The third kappa shape index (κ3) is 5.62. The summed E-state index contributed by atoms with van der Waals surface area (Å²) in [6.07, 6.45) is 0. The van der Waals surface area contributed by atoms with Crippen molar-refractivity contribution in [3.63, 3.8) is 0 Å². The van der Waals surface area contributed by atoms with Gasteiger partial charge in [0.05, 0.1) is 22.0 Å². The predicted molar refractivity (Wildman–Crippen MR) is 229 cm³/mol. The Morgan fingerprint density at radius 2 is 0.870 bits per heavy atom. The summed E-state index contributed by atoms with van der Waals surface area (Å²) in [4.78, 5) is 1.35. The van der Waals surface area contributed by atoms with Crippen LogP contribution in [-0.2, 0) is 0 Å². The van der Waals surface area contributed by atoms with Crippen LogP contribution in [0.3, 0.4) is 0 Å². The molecule has 0 aliphatic heterocycles. The van der Waals surface area contributed by atoms with E-state index in [9.17, 15) is 11.0 Å². The van der Waals surface area contributed by atoms with Crippen LogP contribution in [0.1, 0.15) is 11.0 Å². The standard InChI is InChI=1S/C52H36N2/c1-2-12-37(13-3-1)38-24-30-43(31-25-38)53(45-34-28-41(29-35-45)48-21-11-15-40-14-4-5-18-47(40)48)44-32-26-39(27-33-44)42-16-10-17-46(36-42)54-51-22-8-6-19-49(51)50-20-7-9-23-52(50)54/h1-36H/i24D,25D,28D,29D,30D,31D,34D,35D. The lowest BCUT2D eigenvalue weighted by molar-refractivity contribution is 1.18. The molecule has 0 radical (unpaired) electrons. The highest BCUT2D eigenvalue weighted by Gasteiger charge is 2.16. The summed E-state index contributed by atoms with van der Waals surface area (Å²) in [7, 11) is 0. The van der Waals surface area contributed by atoms with Crippen molar-refractivity contribution in [1.82, 2.24) is 4.57 Å². The summed E-state index contributed by atoms with van der Waals surface area (Å²) in [6.45, 7) is 0. The van der Waals surface area contributed by atoms with E-state index in [1.165, 1.54) is 4.90 Å². The van der Waals surface area contributed by atoms with Crippen LogP contribution >= 0.6 is 0 Å². The highest BCUT2D eigenvalue weighted by atomic mass is 15.1. The van der Waals surface area contributed by atoms with E-state index >= 15 is 0 Å². The molecule has 10 aromatic rings. The average Bonchev–Trinajstić information content (AvgIpc) is 3.65. The molecular weight excluding hydrogens is 653 g/mol. The van der Waals surface area contributed by atoms with Crippen LogP contribution in [0.2, 0.25) is 0 Å². The first-order valence-electron chi connectivity index (χ1n) is 21.9. The molecule has 1 heterocycles. The van der Waals surface area contributed by atoms with E-state index in [4.69, 9.17) is 0 Å². The molecule has 1 aromatic heterocycles. The maximum Gasteiger partial charge on any atom is 0.0645 e. The van der Waals surface area contributed by atoms with Crippen molar-refractivity contribution in [2.45, 2.75) is 0 Å². The number of fused-ring (bicyclic) bond motifs is 4. The van der Waals surface area contributed by atoms with Crippen molar-refractivity contribution < 1.29 is 11.0 Å². The fourth-order valence-corrected chi connectivity index (χ4v) is 7.36. The van der Waals surface area contributed by atoms with Crippen molar-refractivity contribution >= 4 is 49.6 Å². The molecule has 0 aliphatic carbocycles. The molecule has 2 heteroatoms. The Balaban J connectivity index is 1.16. The zero-order chi connectivity index (χ0) is 42.8. The average molecular weight is 697 g/mol. The van der Waals surface area contributed by atoms with Crippen LogP contribution < -0.4 is 4.90 Å². The summed E-state index contributed by atoms with van der Waals surface area (Å²) < 4.78 is 77.2. The zero-order valence-corrected chi connectivity index (χ0v) is 29.1. The fourth-order valence-electron chi connectivity index (χ4n) is 7.36. The van der Waals surface area contributed by atoms with Crippen LogP contribution in [0.5, 0.6) is 0 Å². The maximum absolute atomic E-state index is 9.52. The van der Waals surface area contributed by atoms with Crippen LogP contribution in [0.15, 0.2) is 218 Å². The molecule has 0 saturated heterocycles. The molecule has 0 N–H and O–H groups in total. The predicted octanol–water partition coefficient (Wildman–Crippen LogP) is 14.4. The van der Waals surface area contributed by atoms with Gasteiger partial charge in [-0.05, 0) is 105 Å². The number of nitrogens with zero attached hydrogens (tertiary/aromatic N) is 2. The van der Waals surface area contributed by atoms with E-state index in [1.54, 1.807) is 42.5 Å². The second kappa shape index (κ2) is 13.4. The first-order chi connectivity index (χ1) is 30.1. The van der Waals surface area contributed by atoms with Crippen molar-refractivity contribution in [2.75, 3.05) is 4.90 Å². The molecule has 0 saturated carbocycles. The van der Waals surface area contributed by atoms with E-state index < -0.39 is 0 Å². The number of benzene rings is 9. The minimum absolute atomic E-state index is 0.119. The Morgan fingerprint density at radius 1 is 0.352 bits per heavy atom. The van der Waals surface area contributed by atoms with Gasteiger partial charge in [-0.2, -0.15) is 0 Å². The van der Waals surface area contributed by atoms with E-state index in [-0.39, 0.29) is 70.8 Å². The van der Waals surface area contributed by atoms with Gasteiger partial charge in [0.1, 0.15) is 0 Å². The van der Waals surface area contributed by atoms with E-state index in [0.717, 1.165) is 49.4 Å². The third-order valence-electron chi connectivity index (χ3n) is 9.94. The molecule has 0 unspecified atom stereocenters. The Hall–Kier alpha value is -7.16. The molecule has 0 fully saturated rings. The van der Waals surface area contributed by atoms with Crippen LogP contribution in [-0.4, -0.2) is 4.57 Å². The first kappa shape index (κ1) is 24.2. The summed E-state index contributed by atoms with van der Waals surface area (Å²) in [6, 6.07) is 51.3. The molecule has 254 valence electrons. The molecular formula is C52H36N2. The smallest absolute Gasteiger partial charge is 0.0645 e. The lowest BCUT2D eigenvalue weighted by atomic mass is 9.98. The molecule has 0 spiro atoms. The zero-order valence-electron chi connectivity index (χ0n) is 37.1. The number of rotatable bonds is 7. The van der Waals surface area contributed by atoms with Crippen LogP contribution in [0.4, 0.5) is 17.1 Å². The van der Waals surface area contributed by atoms with Crippen molar-refractivity contribution in [1.29, 1.82) is 0 Å². The minimum Gasteiger partial charge on any atom is -0.311 e. The van der Waals surface area contributed by atoms with Gasteiger partial charge in [-0.1, -0.05) is 158 Å². The number of hydrogen-bond acceptors (Lipinski definition) is 1. The van der Waals surface area contributed by atoms with E-state index in [2.05, 4.69) is 41.0 Å². The monoisotopic (exact) mass is 696 g/mol. The first-order valence-corrected chi connectivity index (χ1v) is 17.9. The molecule has 0 bridgehead atoms. The second-order valence-electron chi connectivity index (χ2n) is 13.1. The normalized spacial score (nSPS) is 13.4. The lowest BCUT2D eigenvalue weighted by Gasteiger charge is -2.26. The summed E-state index contributed by atoms with van der Waals surface area (Å²) in [5.41, 5.74) is 6.15. The topological polar surface area (TPSA) is 8.17 Å². The number of hydrogen-bond donors (Lipinski definition) is 0. The molecule has 54 heavy (non-hydrogen) atoms. The quantitative estimate of drug-likeness (QED) is 0.161. The minimum atomic E-state index is -0.388. The van der Waals surface area contributed by atoms with Gasteiger partial charge < -0.3 is 9.47 Å². The number of anilines is 3. The van der Waals surface area contributed by atoms with E-state index in [0.29, 0.717) is 16.8 Å². The van der Waals surface area contributed by atoms with Gasteiger partial charge in [0.15, 0.2) is 0 Å². The van der Waals surface area contributed by atoms with E-state index in [1.807, 2.05) is 91.0 Å². The number of para-hydroxylation sites is 2.